The Labute approximate surface area is 196 Å². The normalized spacial score (nSPS) is 13.7. The molecular weight excluding hydrogens is 412 g/mol. The number of nitrogens with one attached hydrogen (secondary N) is 1. The third-order valence-electron chi connectivity index (χ3n) is 5.74. The molecule has 0 atom stereocenters. The van der Waals surface area contributed by atoms with E-state index in [2.05, 4.69) is 31.0 Å². The second-order valence-electron chi connectivity index (χ2n) is 8.37. The number of aryl methyl sites for hydroxylation is 1. The average molecular weight is 447 g/mol. The van der Waals surface area contributed by atoms with Crippen molar-refractivity contribution in [1.29, 1.82) is 0 Å². The van der Waals surface area contributed by atoms with Crippen molar-refractivity contribution in [2.45, 2.75) is 33.6 Å². The maximum absolute atomic E-state index is 12.1. The molecule has 0 saturated carbocycles. The van der Waals surface area contributed by atoms with Gasteiger partial charge in [0.1, 0.15) is 17.9 Å². The van der Waals surface area contributed by atoms with Gasteiger partial charge in [-0.3, -0.25) is 4.79 Å². The van der Waals surface area contributed by atoms with E-state index in [-0.39, 0.29) is 5.91 Å². The number of aromatic nitrogens is 1. The Morgan fingerprint density at radius 3 is 2.79 bits per heavy atom. The maximum Gasteiger partial charge on any atom is 0.222 e. The van der Waals surface area contributed by atoms with Crippen LogP contribution in [0.3, 0.4) is 0 Å². The largest absolute Gasteiger partial charge is 0.487 e. The molecule has 0 radical (unpaired) electrons. The Bertz CT molecular complexity index is 1130. The summed E-state index contributed by atoms with van der Waals surface area (Å²) < 4.78 is 6.35. The van der Waals surface area contributed by atoms with E-state index in [0.717, 1.165) is 45.7 Å². The topological polar surface area (TPSA) is 57.7 Å². The highest BCUT2D eigenvalue weighted by Crippen LogP contribution is 2.33. The van der Waals surface area contributed by atoms with E-state index in [1.807, 2.05) is 49.4 Å². The zero-order valence-electron chi connectivity index (χ0n) is 20.3. The van der Waals surface area contributed by atoms with Gasteiger partial charge in [0.2, 0.25) is 5.91 Å². The monoisotopic (exact) mass is 446 g/mol. The smallest absolute Gasteiger partial charge is 0.222 e. The number of hydrogen-bond donors (Lipinski definition) is 1. The first kappa shape index (κ1) is 24.1. The number of carbonyl (C=O) groups is 1. The van der Waals surface area contributed by atoms with Crippen molar-refractivity contribution in [3.63, 3.8) is 0 Å². The first-order valence-corrected chi connectivity index (χ1v) is 11.2. The van der Waals surface area contributed by atoms with Crippen molar-refractivity contribution >= 4 is 22.5 Å². The summed E-state index contributed by atoms with van der Waals surface area (Å²) in [7, 11) is 3.58. The number of allylic oxidation sites excluding steroid dienone is 1. The van der Waals surface area contributed by atoms with E-state index in [1.165, 1.54) is 5.57 Å². The van der Waals surface area contributed by atoms with Gasteiger partial charge in [-0.25, -0.2) is 4.98 Å². The van der Waals surface area contributed by atoms with Crippen LogP contribution in [0, 0.1) is 6.92 Å². The van der Waals surface area contributed by atoms with Crippen LogP contribution < -0.4 is 15.0 Å². The molecule has 1 aromatic carbocycles. The van der Waals surface area contributed by atoms with E-state index in [1.54, 1.807) is 25.2 Å². The van der Waals surface area contributed by atoms with Crippen LogP contribution in [0.25, 0.3) is 10.9 Å². The molecule has 0 aliphatic carbocycles. The van der Waals surface area contributed by atoms with E-state index < -0.39 is 0 Å². The number of nitrogens with zero attached hydrogens (tertiary/aromatic N) is 3. The molecule has 6 nitrogen and oxygen atoms in total. The lowest BCUT2D eigenvalue weighted by Crippen LogP contribution is -2.24. The van der Waals surface area contributed by atoms with Gasteiger partial charge in [-0.1, -0.05) is 24.8 Å². The minimum Gasteiger partial charge on any atom is -0.487 e. The molecule has 1 aromatic heterocycles. The fourth-order valence-electron chi connectivity index (χ4n) is 3.95. The van der Waals surface area contributed by atoms with E-state index >= 15 is 0 Å². The quantitative estimate of drug-likeness (QED) is 0.582. The number of benzene rings is 1. The number of fused-ring (bicyclic) bond motifs is 1. The summed E-state index contributed by atoms with van der Waals surface area (Å²) in [6.07, 6.45) is 8.95. The van der Waals surface area contributed by atoms with Crippen molar-refractivity contribution < 1.29 is 9.53 Å². The molecule has 6 heteroatoms. The summed E-state index contributed by atoms with van der Waals surface area (Å²) in [5.74, 6) is 0.869. The van der Waals surface area contributed by atoms with Gasteiger partial charge >= 0.3 is 0 Å². The lowest BCUT2D eigenvalue weighted by atomic mass is 9.96. The number of anilines is 1. The number of para-hydroxylation sites is 1. The third-order valence-corrected chi connectivity index (χ3v) is 5.74. The Morgan fingerprint density at radius 2 is 2.09 bits per heavy atom. The number of amides is 1. The van der Waals surface area contributed by atoms with Crippen LogP contribution in [0.4, 0.5) is 5.69 Å². The summed E-state index contributed by atoms with van der Waals surface area (Å²) in [6, 6.07) is 8.06. The number of pyridine rings is 1. The Kier molecular flexibility index (Phi) is 7.93. The Hall–Kier alpha value is -3.54. The lowest BCUT2D eigenvalue weighted by molar-refractivity contribution is -0.128. The van der Waals surface area contributed by atoms with Gasteiger partial charge in [0.05, 0.1) is 5.69 Å². The van der Waals surface area contributed by atoms with Crippen LogP contribution in [-0.4, -0.2) is 43.0 Å². The van der Waals surface area contributed by atoms with Crippen LogP contribution in [0.5, 0.6) is 5.75 Å². The molecule has 1 aliphatic heterocycles. The maximum atomic E-state index is 12.1. The fourth-order valence-corrected chi connectivity index (χ4v) is 3.95. The van der Waals surface area contributed by atoms with Crippen molar-refractivity contribution in [3.05, 3.63) is 77.9 Å². The Balaban J connectivity index is 1.92. The predicted octanol–water partition coefficient (Wildman–Crippen LogP) is 5.08. The second-order valence-corrected chi connectivity index (χ2v) is 8.37. The van der Waals surface area contributed by atoms with Crippen LogP contribution in [0.1, 0.15) is 32.4 Å². The number of ether oxygens (including phenoxy) is 1. The highest BCUT2D eigenvalue weighted by Gasteiger charge is 2.17. The van der Waals surface area contributed by atoms with Gasteiger partial charge in [0, 0.05) is 56.7 Å². The highest BCUT2D eigenvalue weighted by molar-refractivity contribution is 5.96. The highest BCUT2D eigenvalue weighted by atomic mass is 16.5. The lowest BCUT2D eigenvalue weighted by Gasteiger charge is -2.23. The number of hydrogen-bond acceptors (Lipinski definition) is 5. The molecule has 1 N–H and O–H groups in total. The van der Waals surface area contributed by atoms with Crippen molar-refractivity contribution in [2.75, 3.05) is 32.1 Å². The fraction of sp³-hybridized carbons (Fsp3) is 0.333. The zero-order chi connectivity index (χ0) is 24.0. The zero-order valence-corrected chi connectivity index (χ0v) is 20.3. The SMILES string of the molecule is C=CN(/C=C\C)c1cc(C)nc2c(OCC3=C(CCC(=O)N(C)C)CNC=C3C)cccc12. The number of carbonyl (C=O) groups excluding carboxylic acids is 1. The third kappa shape index (κ3) is 5.64. The van der Waals surface area contributed by atoms with Crippen LogP contribution >= 0.6 is 0 Å². The van der Waals surface area contributed by atoms with Gasteiger partial charge in [-0.15, -0.1) is 0 Å². The van der Waals surface area contributed by atoms with Gasteiger partial charge < -0.3 is 19.9 Å². The molecule has 1 aliphatic rings. The van der Waals surface area contributed by atoms with Crippen LogP contribution in [-0.2, 0) is 4.79 Å². The molecule has 0 saturated heterocycles. The molecular formula is C27H34N4O2. The van der Waals surface area contributed by atoms with E-state index in [9.17, 15) is 4.79 Å². The molecule has 1 amide bonds. The Morgan fingerprint density at radius 1 is 1.30 bits per heavy atom. The second kappa shape index (κ2) is 10.9. The summed E-state index contributed by atoms with van der Waals surface area (Å²) in [6.45, 7) is 11.1. The molecule has 174 valence electrons. The predicted molar refractivity (Wildman–Crippen MR) is 136 cm³/mol. The molecule has 0 spiro atoms. The first-order valence-electron chi connectivity index (χ1n) is 11.2. The summed E-state index contributed by atoms with van der Waals surface area (Å²) >= 11 is 0. The van der Waals surface area contributed by atoms with Crippen molar-refractivity contribution in [2.24, 2.45) is 0 Å². The molecule has 0 unspecified atom stereocenters. The number of dihydropyridines is 1. The minimum atomic E-state index is 0.129. The van der Waals surface area contributed by atoms with Gasteiger partial charge in [0.25, 0.3) is 0 Å². The van der Waals surface area contributed by atoms with Gasteiger partial charge in [-0.2, -0.15) is 0 Å². The first-order chi connectivity index (χ1) is 15.8. The molecule has 3 rings (SSSR count). The molecule has 0 fully saturated rings. The van der Waals surface area contributed by atoms with Crippen LogP contribution in [0.2, 0.25) is 0 Å². The molecule has 0 bridgehead atoms. The summed E-state index contributed by atoms with van der Waals surface area (Å²) in [5, 5.41) is 4.31. The number of rotatable bonds is 9. The van der Waals surface area contributed by atoms with Gasteiger partial charge in [0.15, 0.2) is 0 Å². The van der Waals surface area contributed by atoms with E-state index in [0.29, 0.717) is 19.4 Å². The van der Waals surface area contributed by atoms with Crippen molar-refractivity contribution in [3.8, 4) is 5.75 Å². The van der Waals surface area contributed by atoms with Gasteiger partial charge in [-0.05, 0) is 56.0 Å². The molecule has 2 heterocycles. The summed E-state index contributed by atoms with van der Waals surface area (Å²) in [5.41, 5.74) is 6.22. The standard InChI is InChI=1S/C27H34N4O2/c1-7-14-31(8-2)24-15-20(4)29-27-22(24)10-9-11-25(27)33-18-23-19(3)16-28-17-21(23)12-13-26(32)30(5)6/h7-11,14-16,28H,2,12-13,17-18H2,1,3-6H3/b14-7-. The summed E-state index contributed by atoms with van der Waals surface area (Å²) in [4.78, 5) is 20.5. The average Bonchev–Trinajstić information content (AvgIpc) is 2.79. The van der Waals surface area contributed by atoms with Crippen LogP contribution in [0.15, 0.2) is 72.2 Å². The minimum absolute atomic E-state index is 0.129. The van der Waals surface area contributed by atoms with E-state index in [4.69, 9.17) is 9.72 Å². The van der Waals surface area contributed by atoms with Crippen molar-refractivity contribution in [1.82, 2.24) is 15.2 Å². The molecule has 33 heavy (non-hydrogen) atoms. The molecule has 2 aromatic rings.